The van der Waals surface area contributed by atoms with E-state index in [-0.39, 0.29) is 5.60 Å². The van der Waals surface area contributed by atoms with E-state index < -0.39 is 0 Å². The predicted octanol–water partition coefficient (Wildman–Crippen LogP) is 4.35. The number of aromatic nitrogens is 3. The van der Waals surface area contributed by atoms with Crippen molar-refractivity contribution >= 4 is 11.0 Å². The third-order valence-electron chi connectivity index (χ3n) is 3.82. The Morgan fingerprint density at radius 2 is 1.84 bits per heavy atom. The molecule has 0 amide bonds. The summed E-state index contributed by atoms with van der Waals surface area (Å²) >= 11 is 0. The summed E-state index contributed by atoms with van der Waals surface area (Å²) in [5, 5.41) is 0. The molecule has 3 aromatic rings. The van der Waals surface area contributed by atoms with Crippen LogP contribution in [0.2, 0.25) is 0 Å². The molecule has 3 rings (SSSR count). The van der Waals surface area contributed by atoms with Gasteiger partial charge >= 0.3 is 0 Å². The number of aryl methyl sites for hydroxylation is 1. The first-order chi connectivity index (χ1) is 12.0. The number of nitrogens with zero attached hydrogens (tertiary/aromatic N) is 3. The minimum Gasteiger partial charge on any atom is -0.470 e. The van der Waals surface area contributed by atoms with E-state index in [1.165, 1.54) is 5.56 Å². The molecule has 0 spiro atoms. The zero-order chi connectivity index (χ0) is 17.9. The summed E-state index contributed by atoms with van der Waals surface area (Å²) in [4.78, 5) is 8.82. The van der Waals surface area contributed by atoms with Gasteiger partial charge in [0.25, 0.3) is 0 Å². The SMILES string of the molecule is CCc1cn(COCc2ccccc2)c2c(OC(C)(C)C)ncnc12. The van der Waals surface area contributed by atoms with Crippen LogP contribution in [0.5, 0.6) is 5.88 Å². The quantitative estimate of drug-likeness (QED) is 0.670. The van der Waals surface area contributed by atoms with Gasteiger partial charge in [0.15, 0.2) is 0 Å². The van der Waals surface area contributed by atoms with Gasteiger partial charge in [-0.1, -0.05) is 37.3 Å². The molecule has 0 N–H and O–H groups in total. The van der Waals surface area contributed by atoms with E-state index in [4.69, 9.17) is 9.47 Å². The maximum absolute atomic E-state index is 6.05. The van der Waals surface area contributed by atoms with E-state index >= 15 is 0 Å². The predicted molar refractivity (Wildman–Crippen MR) is 98.5 cm³/mol. The summed E-state index contributed by atoms with van der Waals surface area (Å²) < 4.78 is 14.0. The Kier molecular flexibility index (Phi) is 5.04. The van der Waals surface area contributed by atoms with E-state index in [0.29, 0.717) is 19.2 Å². The first kappa shape index (κ1) is 17.4. The van der Waals surface area contributed by atoms with Gasteiger partial charge in [-0.15, -0.1) is 0 Å². The molecule has 1 aromatic carbocycles. The van der Waals surface area contributed by atoms with Crippen LogP contribution in [0.1, 0.15) is 38.8 Å². The van der Waals surface area contributed by atoms with Crippen molar-refractivity contribution in [3.63, 3.8) is 0 Å². The Balaban J connectivity index is 1.88. The molecule has 0 aliphatic heterocycles. The molecule has 0 fully saturated rings. The lowest BCUT2D eigenvalue weighted by Crippen LogP contribution is -2.24. The average molecular weight is 339 g/mol. The van der Waals surface area contributed by atoms with Crippen molar-refractivity contribution in [3.05, 3.63) is 54.0 Å². The summed E-state index contributed by atoms with van der Waals surface area (Å²) in [5.74, 6) is 0.598. The molecule has 0 bridgehead atoms. The van der Waals surface area contributed by atoms with Gasteiger partial charge in [-0.25, -0.2) is 4.98 Å². The van der Waals surface area contributed by atoms with Gasteiger partial charge in [0.1, 0.15) is 24.2 Å². The minimum absolute atomic E-state index is 0.326. The van der Waals surface area contributed by atoms with Crippen molar-refractivity contribution in [2.24, 2.45) is 0 Å². The number of fused-ring (bicyclic) bond motifs is 1. The summed E-state index contributed by atoms with van der Waals surface area (Å²) in [6.45, 7) is 9.16. The van der Waals surface area contributed by atoms with Gasteiger partial charge in [-0.2, -0.15) is 4.98 Å². The summed E-state index contributed by atoms with van der Waals surface area (Å²) in [5.41, 5.74) is 3.81. The van der Waals surface area contributed by atoms with Crippen molar-refractivity contribution in [1.29, 1.82) is 0 Å². The fraction of sp³-hybridized carbons (Fsp3) is 0.400. The highest BCUT2D eigenvalue weighted by atomic mass is 16.5. The summed E-state index contributed by atoms with van der Waals surface area (Å²) in [7, 11) is 0. The molecule has 132 valence electrons. The zero-order valence-electron chi connectivity index (χ0n) is 15.3. The maximum Gasteiger partial charge on any atom is 0.242 e. The van der Waals surface area contributed by atoms with Crippen LogP contribution < -0.4 is 4.74 Å². The molecule has 25 heavy (non-hydrogen) atoms. The highest BCUT2D eigenvalue weighted by Crippen LogP contribution is 2.29. The van der Waals surface area contributed by atoms with Crippen LogP contribution in [0.3, 0.4) is 0 Å². The topological polar surface area (TPSA) is 49.2 Å². The Hall–Kier alpha value is -2.40. The number of rotatable bonds is 6. The van der Waals surface area contributed by atoms with E-state index in [0.717, 1.165) is 23.0 Å². The molecule has 0 atom stereocenters. The molecule has 2 heterocycles. The monoisotopic (exact) mass is 339 g/mol. The summed E-state index contributed by atoms with van der Waals surface area (Å²) in [6.07, 6.45) is 4.55. The highest BCUT2D eigenvalue weighted by molar-refractivity contribution is 5.84. The van der Waals surface area contributed by atoms with Crippen LogP contribution in [0, 0.1) is 0 Å². The molecule has 5 nitrogen and oxygen atoms in total. The van der Waals surface area contributed by atoms with E-state index in [9.17, 15) is 0 Å². The van der Waals surface area contributed by atoms with E-state index in [2.05, 4.69) is 35.2 Å². The minimum atomic E-state index is -0.326. The maximum atomic E-state index is 6.05. The number of ether oxygens (including phenoxy) is 2. The molecule has 0 saturated heterocycles. The standard InChI is InChI=1S/C20H25N3O2/c1-5-16-11-23(14-24-12-15-9-7-6-8-10-15)18-17(16)21-13-22-19(18)25-20(2,3)4/h6-11,13H,5,12,14H2,1-4H3. The second-order valence-electron chi connectivity index (χ2n) is 7.03. The van der Waals surface area contributed by atoms with Crippen LogP contribution in [0.15, 0.2) is 42.9 Å². The molecule has 0 saturated carbocycles. The van der Waals surface area contributed by atoms with Crippen LogP contribution in [-0.4, -0.2) is 20.1 Å². The Bertz CT molecular complexity index is 835. The Morgan fingerprint density at radius 3 is 2.52 bits per heavy atom. The van der Waals surface area contributed by atoms with Crippen LogP contribution in [0.4, 0.5) is 0 Å². The van der Waals surface area contributed by atoms with Gasteiger partial charge in [-0.05, 0) is 38.3 Å². The molecule has 0 aliphatic carbocycles. The third kappa shape index (κ3) is 4.17. The van der Waals surface area contributed by atoms with Gasteiger partial charge in [0, 0.05) is 6.20 Å². The largest absolute Gasteiger partial charge is 0.470 e. The lowest BCUT2D eigenvalue weighted by Gasteiger charge is -2.21. The molecular weight excluding hydrogens is 314 g/mol. The van der Waals surface area contributed by atoms with Gasteiger partial charge < -0.3 is 14.0 Å². The molecule has 5 heteroatoms. The van der Waals surface area contributed by atoms with Crippen molar-refractivity contribution in [2.75, 3.05) is 0 Å². The Labute approximate surface area is 148 Å². The third-order valence-corrected chi connectivity index (χ3v) is 3.82. The lowest BCUT2D eigenvalue weighted by molar-refractivity contribution is 0.0655. The van der Waals surface area contributed by atoms with Crippen LogP contribution in [-0.2, 0) is 24.5 Å². The summed E-state index contributed by atoms with van der Waals surface area (Å²) in [6, 6.07) is 10.2. The van der Waals surface area contributed by atoms with Crippen LogP contribution in [0.25, 0.3) is 11.0 Å². The molecular formula is C20H25N3O2. The van der Waals surface area contributed by atoms with E-state index in [1.807, 2.05) is 43.5 Å². The van der Waals surface area contributed by atoms with Crippen molar-refractivity contribution < 1.29 is 9.47 Å². The smallest absolute Gasteiger partial charge is 0.242 e. The first-order valence-corrected chi connectivity index (χ1v) is 8.61. The fourth-order valence-electron chi connectivity index (χ4n) is 2.73. The first-order valence-electron chi connectivity index (χ1n) is 8.61. The van der Waals surface area contributed by atoms with Crippen LogP contribution >= 0.6 is 0 Å². The van der Waals surface area contributed by atoms with Gasteiger partial charge in [0.2, 0.25) is 5.88 Å². The van der Waals surface area contributed by atoms with Crippen molar-refractivity contribution in [1.82, 2.24) is 14.5 Å². The van der Waals surface area contributed by atoms with Gasteiger partial charge in [0.05, 0.1) is 12.1 Å². The van der Waals surface area contributed by atoms with Crippen molar-refractivity contribution in [2.45, 2.75) is 53.1 Å². The number of benzene rings is 1. The van der Waals surface area contributed by atoms with Crippen molar-refractivity contribution in [3.8, 4) is 5.88 Å². The lowest BCUT2D eigenvalue weighted by atomic mass is 10.2. The molecule has 0 radical (unpaired) electrons. The highest BCUT2D eigenvalue weighted by Gasteiger charge is 2.20. The number of hydrogen-bond acceptors (Lipinski definition) is 4. The molecule has 0 unspecified atom stereocenters. The average Bonchev–Trinajstić information content (AvgIpc) is 2.94. The second kappa shape index (κ2) is 7.23. The number of hydrogen-bond donors (Lipinski definition) is 0. The second-order valence-corrected chi connectivity index (χ2v) is 7.03. The Morgan fingerprint density at radius 1 is 1.08 bits per heavy atom. The zero-order valence-corrected chi connectivity index (χ0v) is 15.3. The van der Waals surface area contributed by atoms with Gasteiger partial charge in [-0.3, -0.25) is 0 Å². The van der Waals surface area contributed by atoms with E-state index in [1.54, 1.807) is 6.33 Å². The molecule has 2 aromatic heterocycles. The normalized spacial score (nSPS) is 11.8. The fourth-order valence-corrected chi connectivity index (χ4v) is 2.73. The molecule has 0 aliphatic rings.